The highest BCUT2D eigenvalue weighted by Gasteiger charge is 2.29. The number of para-hydroxylation sites is 1. The Morgan fingerprint density at radius 3 is 2.00 bits per heavy atom. The molecule has 0 unspecified atom stereocenters. The van der Waals surface area contributed by atoms with Gasteiger partial charge in [0.15, 0.2) is 0 Å². The molecule has 0 radical (unpaired) electrons. The largest absolute Gasteiger partial charge is 0.457 e. The average molecular weight is 267 g/mol. The van der Waals surface area contributed by atoms with Crippen molar-refractivity contribution >= 4 is 0 Å². The van der Waals surface area contributed by atoms with E-state index >= 15 is 0 Å². The lowest BCUT2D eigenvalue weighted by Crippen LogP contribution is -2.38. The fraction of sp³-hybridized carbons (Fsp3) is 0.333. The van der Waals surface area contributed by atoms with Crippen LogP contribution in [-0.2, 0) is 5.54 Å². The molecule has 1 saturated carbocycles. The molecule has 1 aliphatic rings. The summed E-state index contributed by atoms with van der Waals surface area (Å²) in [5.74, 6) is 1.72. The molecular weight excluding hydrogens is 246 g/mol. The van der Waals surface area contributed by atoms with Crippen LogP contribution in [0.25, 0.3) is 0 Å². The third-order valence-corrected chi connectivity index (χ3v) is 4.15. The molecule has 0 aliphatic heterocycles. The van der Waals surface area contributed by atoms with E-state index in [9.17, 15) is 0 Å². The second-order valence-electron chi connectivity index (χ2n) is 5.66. The number of rotatable bonds is 3. The highest BCUT2D eigenvalue weighted by molar-refractivity contribution is 5.35. The number of hydrogen-bond donors (Lipinski definition) is 1. The van der Waals surface area contributed by atoms with Gasteiger partial charge in [-0.1, -0.05) is 49.6 Å². The van der Waals surface area contributed by atoms with E-state index in [1.807, 2.05) is 42.5 Å². The fourth-order valence-electron chi connectivity index (χ4n) is 2.95. The number of nitrogens with two attached hydrogens (primary N) is 1. The quantitative estimate of drug-likeness (QED) is 0.882. The Balaban J connectivity index is 1.74. The van der Waals surface area contributed by atoms with Gasteiger partial charge in [0.25, 0.3) is 0 Å². The zero-order valence-corrected chi connectivity index (χ0v) is 11.7. The standard InChI is InChI=1S/C18H21NO/c19-18(13-5-2-6-14-18)15-9-11-17(12-10-15)20-16-7-3-1-4-8-16/h1,3-4,7-12H,2,5-6,13-14,19H2. The Morgan fingerprint density at radius 1 is 0.750 bits per heavy atom. The smallest absolute Gasteiger partial charge is 0.127 e. The van der Waals surface area contributed by atoms with Gasteiger partial charge in [0.1, 0.15) is 11.5 Å². The first-order chi connectivity index (χ1) is 9.76. The van der Waals surface area contributed by atoms with Gasteiger partial charge >= 0.3 is 0 Å². The van der Waals surface area contributed by atoms with Crippen LogP contribution in [0.5, 0.6) is 11.5 Å². The Kier molecular flexibility index (Phi) is 3.75. The lowest BCUT2D eigenvalue weighted by Gasteiger charge is -2.34. The highest BCUT2D eigenvalue weighted by atomic mass is 16.5. The van der Waals surface area contributed by atoms with Crippen molar-refractivity contribution in [3.05, 3.63) is 60.2 Å². The van der Waals surface area contributed by atoms with Gasteiger partial charge in [-0.25, -0.2) is 0 Å². The summed E-state index contributed by atoms with van der Waals surface area (Å²) < 4.78 is 5.81. The molecule has 1 aliphatic carbocycles. The molecule has 1 fully saturated rings. The van der Waals surface area contributed by atoms with Gasteiger partial charge in [0.2, 0.25) is 0 Å². The van der Waals surface area contributed by atoms with Crippen molar-refractivity contribution in [2.75, 3.05) is 0 Å². The van der Waals surface area contributed by atoms with E-state index in [4.69, 9.17) is 10.5 Å². The molecule has 2 aromatic rings. The predicted octanol–water partition coefficient (Wildman–Crippen LogP) is 4.60. The molecular formula is C18H21NO. The fourth-order valence-corrected chi connectivity index (χ4v) is 2.95. The van der Waals surface area contributed by atoms with Crippen LogP contribution < -0.4 is 10.5 Å². The van der Waals surface area contributed by atoms with E-state index in [2.05, 4.69) is 12.1 Å². The first kappa shape index (κ1) is 13.2. The number of ether oxygens (including phenoxy) is 1. The maximum Gasteiger partial charge on any atom is 0.127 e. The number of hydrogen-bond acceptors (Lipinski definition) is 2. The van der Waals surface area contributed by atoms with Crippen molar-refractivity contribution in [3.63, 3.8) is 0 Å². The molecule has 0 heterocycles. The summed E-state index contributed by atoms with van der Waals surface area (Å²) in [5, 5.41) is 0. The molecule has 0 amide bonds. The lowest BCUT2D eigenvalue weighted by atomic mass is 9.77. The molecule has 2 heteroatoms. The molecule has 20 heavy (non-hydrogen) atoms. The molecule has 0 spiro atoms. The van der Waals surface area contributed by atoms with Crippen LogP contribution >= 0.6 is 0 Å². The van der Waals surface area contributed by atoms with Gasteiger partial charge in [-0.2, -0.15) is 0 Å². The highest BCUT2D eigenvalue weighted by Crippen LogP contribution is 2.35. The maximum absolute atomic E-state index is 6.54. The molecule has 3 rings (SSSR count). The Labute approximate surface area is 120 Å². The predicted molar refractivity (Wildman–Crippen MR) is 81.9 cm³/mol. The van der Waals surface area contributed by atoms with Gasteiger partial charge in [-0.3, -0.25) is 0 Å². The monoisotopic (exact) mass is 267 g/mol. The molecule has 0 saturated heterocycles. The molecule has 104 valence electrons. The van der Waals surface area contributed by atoms with Crippen molar-refractivity contribution in [1.29, 1.82) is 0 Å². The van der Waals surface area contributed by atoms with E-state index in [1.165, 1.54) is 24.8 Å². The minimum Gasteiger partial charge on any atom is -0.457 e. The van der Waals surface area contributed by atoms with Gasteiger partial charge in [-0.15, -0.1) is 0 Å². The zero-order chi connectivity index (χ0) is 13.8. The van der Waals surface area contributed by atoms with Crippen LogP contribution in [0.1, 0.15) is 37.7 Å². The second-order valence-corrected chi connectivity index (χ2v) is 5.66. The van der Waals surface area contributed by atoms with Gasteiger partial charge in [-0.05, 0) is 42.7 Å². The van der Waals surface area contributed by atoms with Crippen LogP contribution in [0.3, 0.4) is 0 Å². The third kappa shape index (κ3) is 2.86. The van der Waals surface area contributed by atoms with Crippen molar-refractivity contribution in [3.8, 4) is 11.5 Å². The van der Waals surface area contributed by atoms with Crippen LogP contribution in [0.2, 0.25) is 0 Å². The minimum absolute atomic E-state index is 0.135. The zero-order valence-electron chi connectivity index (χ0n) is 11.7. The topological polar surface area (TPSA) is 35.2 Å². The average Bonchev–Trinajstić information content (AvgIpc) is 2.50. The SMILES string of the molecule is NC1(c2ccc(Oc3ccccc3)cc2)CCCCC1. The first-order valence-electron chi connectivity index (χ1n) is 7.39. The van der Waals surface area contributed by atoms with Crippen molar-refractivity contribution in [1.82, 2.24) is 0 Å². The normalized spacial score (nSPS) is 17.6. The summed E-state index contributed by atoms with van der Waals surface area (Å²) in [6.45, 7) is 0. The summed E-state index contributed by atoms with van der Waals surface area (Å²) in [7, 11) is 0. The van der Waals surface area contributed by atoms with Crippen molar-refractivity contribution in [2.24, 2.45) is 5.73 Å². The maximum atomic E-state index is 6.54. The van der Waals surface area contributed by atoms with E-state index < -0.39 is 0 Å². The van der Waals surface area contributed by atoms with Gasteiger partial charge in [0.05, 0.1) is 0 Å². The van der Waals surface area contributed by atoms with Crippen molar-refractivity contribution in [2.45, 2.75) is 37.6 Å². The van der Waals surface area contributed by atoms with Crippen LogP contribution in [0.15, 0.2) is 54.6 Å². The van der Waals surface area contributed by atoms with E-state index in [0.29, 0.717) is 0 Å². The first-order valence-corrected chi connectivity index (χ1v) is 7.39. The summed E-state index contributed by atoms with van der Waals surface area (Å²) in [6.07, 6.45) is 5.96. The third-order valence-electron chi connectivity index (χ3n) is 4.15. The van der Waals surface area contributed by atoms with E-state index in [1.54, 1.807) is 0 Å². The minimum atomic E-state index is -0.135. The van der Waals surface area contributed by atoms with E-state index in [0.717, 1.165) is 24.3 Å². The van der Waals surface area contributed by atoms with Crippen LogP contribution in [-0.4, -0.2) is 0 Å². The second kappa shape index (κ2) is 5.68. The van der Waals surface area contributed by atoms with Crippen LogP contribution in [0, 0.1) is 0 Å². The van der Waals surface area contributed by atoms with Gasteiger partial charge < -0.3 is 10.5 Å². The molecule has 2 aromatic carbocycles. The number of benzene rings is 2. The molecule has 2 nitrogen and oxygen atoms in total. The van der Waals surface area contributed by atoms with Crippen LogP contribution in [0.4, 0.5) is 0 Å². The van der Waals surface area contributed by atoms with Crippen molar-refractivity contribution < 1.29 is 4.74 Å². The molecule has 0 aromatic heterocycles. The molecule has 0 bridgehead atoms. The van der Waals surface area contributed by atoms with E-state index in [-0.39, 0.29) is 5.54 Å². The summed E-state index contributed by atoms with van der Waals surface area (Å²) in [4.78, 5) is 0. The Hall–Kier alpha value is -1.80. The summed E-state index contributed by atoms with van der Waals surface area (Å²) in [5.41, 5.74) is 7.64. The molecule has 2 N–H and O–H groups in total. The van der Waals surface area contributed by atoms with Gasteiger partial charge in [0, 0.05) is 5.54 Å². The molecule has 0 atom stereocenters. The summed E-state index contributed by atoms with van der Waals surface area (Å²) >= 11 is 0. The Morgan fingerprint density at radius 2 is 1.35 bits per heavy atom. The Bertz CT molecular complexity index is 541. The lowest BCUT2D eigenvalue weighted by molar-refractivity contribution is 0.302. The summed E-state index contributed by atoms with van der Waals surface area (Å²) in [6, 6.07) is 18.1.